The number of hydrogen-bond acceptors (Lipinski definition) is 2. The van der Waals surface area contributed by atoms with E-state index >= 15 is 0 Å². The Labute approximate surface area is 129 Å². The third-order valence-electron chi connectivity index (χ3n) is 4.06. The fraction of sp³-hybridized carbons (Fsp3) is 0.625. The lowest BCUT2D eigenvalue weighted by atomic mass is 9.88. The minimum Gasteiger partial charge on any atom is -0.378 e. The first kappa shape index (κ1) is 15.9. The number of hydrogen-bond donors (Lipinski definition) is 1. The zero-order chi connectivity index (χ0) is 14.5. The van der Waals surface area contributed by atoms with Crippen molar-refractivity contribution >= 4 is 15.9 Å². The highest BCUT2D eigenvalue weighted by molar-refractivity contribution is 9.10. The average molecular weight is 344 g/mol. The molecule has 1 heterocycles. The molecule has 0 radical (unpaired) electrons. The van der Waals surface area contributed by atoms with Crippen LogP contribution in [0.5, 0.6) is 0 Å². The Balaban J connectivity index is 2.10. The number of ether oxygens (including phenoxy) is 1. The molecule has 3 atom stereocenters. The molecule has 2 nitrogen and oxygen atoms in total. The smallest absolute Gasteiger partial charge is 0.124 e. The van der Waals surface area contributed by atoms with Crippen LogP contribution >= 0.6 is 15.9 Å². The van der Waals surface area contributed by atoms with E-state index in [0.717, 1.165) is 42.5 Å². The van der Waals surface area contributed by atoms with Gasteiger partial charge in [0.25, 0.3) is 0 Å². The van der Waals surface area contributed by atoms with Gasteiger partial charge < -0.3 is 10.1 Å². The maximum Gasteiger partial charge on any atom is 0.124 e. The lowest BCUT2D eigenvalue weighted by Crippen LogP contribution is -2.41. The van der Waals surface area contributed by atoms with E-state index in [1.165, 1.54) is 6.07 Å². The van der Waals surface area contributed by atoms with E-state index in [0.29, 0.717) is 18.1 Å². The van der Waals surface area contributed by atoms with Crippen molar-refractivity contribution in [2.75, 3.05) is 13.2 Å². The maximum atomic E-state index is 13.2. The molecule has 1 aliphatic heterocycles. The lowest BCUT2D eigenvalue weighted by Gasteiger charge is -2.27. The van der Waals surface area contributed by atoms with Crippen LogP contribution in [0.15, 0.2) is 22.7 Å². The van der Waals surface area contributed by atoms with Gasteiger partial charge in [-0.2, -0.15) is 0 Å². The molecule has 0 amide bonds. The second-order valence-electron chi connectivity index (χ2n) is 5.53. The highest BCUT2D eigenvalue weighted by Gasteiger charge is 2.31. The fourth-order valence-electron chi connectivity index (χ4n) is 2.91. The summed E-state index contributed by atoms with van der Waals surface area (Å²) in [6, 6.07) is 5.33. The van der Waals surface area contributed by atoms with Crippen molar-refractivity contribution in [2.45, 2.75) is 45.3 Å². The van der Waals surface area contributed by atoms with Crippen molar-refractivity contribution in [3.05, 3.63) is 34.1 Å². The van der Waals surface area contributed by atoms with Crippen molar-refractivity contribution in [1.82, 2.24) is 5.32 Å². The summed E-state index contributed by atoms with van der Waals surface area (Å²) in [5.74, 6) is 0.328. The molecule has 0 bridgehead atoms. The van der Waals surface area contributed by atoms with Crippen molar-refractivity contribution in [2.24, 2.45) is 5.92 Å². The van der Waals surface area contributed by atoms with E-state index in [-0.39, 0.29) is 5.82 Å². The third-order valence-corrected chi connectivity index (χ3v) is 4.80. The zero-order valence-corrected chi connectivity index (χ0v) is 13.7. The topological polar surface area (TPSA) is 21.3 Å². The van der Waals surface area contributed by atoms with Crippen LogP contribution in [-0.2, 0) is 11.2 Å². The molecule has 1 N–H and O–H groups in total. The molecule has 0 aliphatic carbocycles. The standard InChI is InChI=1S/C16H23BrFNO/c1-3-7-19-16(14-6-8-20-11(14)2)9-12-4-5-13(18)10-15(12)17/h4-5,10-11,14,16,19H,3,6-9H2,1-2H3. The van der Waals surface area contributed by atoms with Crippen LogP contribution in [0.4, 0.5) is 4.39 Å². The molecule has 2 rings (SSSR count). The molecular weight excluding hydrogens is 321 g/mol. The van der Waals surface area contributed by atoms with Gasteiger partial charge in [-0.15, -0.1) is 0 Å². The monoisotopic (exact) mass is 343 g/mol. The predicted octanol–water partition coefficient (Wildman–Crippen LogP) is 3.92. The molecule has 1 aliphatic rings. The summed E-state index contributed by atoms with van der Waals surface area (Å²) in [4.78, 5) is 0. The summed E-state index contributed by atoms with van der Waals surface area (Å²) in [5, 5.41) is 3.64. The van der Waals surface area contributed by atoms with E-state index in [9.17, 15) is 4.39 Å². The molecule has 3 unspecified atom stereocenters. The summed E-state index contributed by atoms with van der Waals surface area (Å²) in [6.45, 7) is 6.18. The Morgan fingerprint density at radius 3 is 2.90 bits per heavy atom. The average Bonchev–Trinajstić information content (AvgIpc) is 2.83. The second kappa shape index (κ2) is 7.53. The molecule has 112 valence electrons. The first-order chi connectivity index (χ1) is 9.61. The van der Waals surface area contributed by atoms with Gasteiger partial charge in [0.1, 0.15) is 5.82 Å². The summed E-state index contributed by atoms with van der Waals surface area (Å²) >= 11 is 3.47. The van der Waals surface area contributed by atoms with Crippen LogP contribution in [0, 0.1) is 11.7 Å². The largest absolute Gasteiger partial charge is 0.378 e. The van der Waals surface area contributed by atoms with Crippen LogP contribution < -0.4 is 5.32 Å². The zero-order valence-electron chi connectivity index (χ0n) is 12.2. The van der Waals surface area contributed by atoms with E-state index in [2.05, 4.69) is 35.1 Å². The van der Waals surface area contributed by atoms with Gasteiger partial charge in [0.05, 0.1) is 6.10 Å². The lowest BCUT2D eigenvalue weighted by molar-refractivity contribution is 0.0953. The van der Waals surface area contributed by atoms with Gasteiger partial charge in [-0.1, -0.05) is 28.9 Å². The number of rotatable bonds is 6. The van der Waals surface area contributed by atoms with Gasteiger partial charge in [-0.3, -0.25) is 0 Å². The minimum absolute atomic E-state index is 0.198. The molecule has 1 fully saturated rings. The molecule has 0 spiro atoms. The van der Waals surface area contributed by atoms with Crippen LogP contribution in [0.2, 0.25) is 0 Å². The highest BCUT2D eigenvalue weighted by Crippen LogP contribution is 2.28. The van der Waals surface area contributed by atoms with E-state index in [4.69, 9.17) is 4.74 Å². The fourth-order valence-corrected chi connectivity index (χ4v) is 3.42. The maximum absolute atomic E-state index is 13.2. The SMILES string of the molecule is CCCNC(Cc1ccc(F)cc1Br)C1CCOC1C. The molecule has 4 heteroatoms. The van der Waals surface area contributed by atoms with Crippen LogP contribution in [0.3, 0.4) is 0 Å². The Hall–Kier alpha value is -0.450. The highest BCUT2D eigenvalue weighted by atomic mass is 79.9. The summed E-state index contributed by atoms with van der Waals surface area (Å²) in [7, 11) is 0. The Kier molecular flexibility index (Phi) is 6.00. The summed E-state index contributed by atoms with van der Waals surface area (Å²) < 4.78 is 19.7. The van der Waals surface area contributed by atoms with Crippen molar-refractivity contribution in [1.29, 1.82) is 0 Å². The molecule has 0 aromatic heterocycles. The van der Waals surface area contributed by atoms with E-state index in [1.54, 1.807) is 6.07 Å². The molecule has 0 saturated carbocycles. The molecular formula is C16H23BrFNO. The number of benzene rings is 1. The van der Waals surface area contributed by atoms with Gasteiger partial charge in [0, 0.05) is 23.0 Å². The van der Waals surface area contributed by atoms with Crippen LogP contribution in [-0.4, -0.2) is 25.3 Å². The normalized spacial score (nSPS) is 24.0. The van der Waals surface area contributed by atoms with Gasteiger partial charge >= 0.3 is 0 Å². The first-order valence-corrected chi connectivity index (χ1v) is 8.20. The Bertz CT molecular complexity index is 440. The predicted molar refractivity (Wildman–Crippen MR) is 83.4 cm³/mol. The molecule has 1 aromatic carbocycles. The van der Waals surface area contributed by atoms with Gasteiger partial charge in [0.2, 0.25) is 0 Å². The Morgan fingerprint density at radius 1 is 1.50 bits per heavy atom. The van der Waals surface area contributed by atoms with Crippen molar-refractivity contribution < 1.29 is 9.13 Å². The van der Waals surface area contributed by atoms with Crippen molar-refractivity contribution in [3.63, 3.8) is 0 Å². The van der Waals surface area contributed by atoms with Gasteiger partial charge in [0.15, 0.2) is 0 Å². The van der Waals surface area contributed by atoms with Gasteiger partial charge in [-0.05, 0) is 50.4 Å². The summed E-state index contributed by atoms with van der Waals surface area (Å²) in [6.07, 6.45) is 3.41. The molecule has 1 aromatic rings. The van der Waals surface area contributed by atoms with Gasteiger partial charge in [-0.25, -0.2) is 4.39 Å². The quantitative estimate of drug-likeness (QED) is 0.845. The Morgan fingerprint density at radius 2 is 2.30 bits per heavy atom. The molecule has 20 heavy (non-hydrogen) atoms. The first-order valence-electron chi connectivity index (χ1n) is 7.40. The van der Waals surface area contributed by atoms with Crippen LogP contribution in [0.1, 0.15) is 32.3 Å². The molecule has 1 saturated heterocycles. The number of halogens is 2. The summed E-state index contributed by atoms with van der Waals surface area (Å²) in [5.41, 5.74) is 1.15. The van der Waals surface area contributed by atoms with Crippen molar-refractivity contribution in [3.8, 4) is 0 Å². The third kappa shape index (κ3) is 4.03. The minimum atomic E-state index is -0.198. The second-order valence-corrected chi connectivity index (χ2v) is 6.38. The van der Waals surface area contributed by atoms with E-state index < -0.39 is 0 Å². The van der Waals surface area contributed by atoms with Crippen LogP contribution in [0.25, 0.3) is 0 Å². The van der Waals surface area contributed by atoms with E-state index in [1.807, 2.05) is 6.07 Å². The number of nitrogens with one attached hydrogen (secondary N) is 1.